The molecule has 190 valence electrons. The number of aliphatic hydroxyl groups excluding tert-OH is 1. The predicted molar refractivity (Wildman–Crippen MR) is 141 cm³/mol. The van der Waals surface area contributed by atoms with Crippen LogP contribution in [0.4, 0.5) is 0 Å². The van der Waals surface area contributed by atoms with Gasteiger partial charge in [0.05, 0.1) is 6.10 Å². The Morgan fingerprint density at radius 3 is 2.62 bits per heavy atom. The van der Waals surface area contributed by atoms with Crippen molar-refractivity contribution in [3.8, 4) is 11.8 Å². The van der Waals surface area contributed by atoms with Crippen LogP contribution in [0.3, 0.4) is 0 Å². The molecule has 1 aromatic carbocycles. The third-order valence-electron chi connectivity index (χ3n) is 8.86. The number of nitrogens with zero attached hydrogens (tertiary/aromatic N) is 1. The van der Waals surface area contributed by atoms with Crippen molar-refractivity contribution < 1.29 is 14.3 Å². The fraction of sp³-hybridized carbons (Fsp3) is 0.759. The lowest BCUT2D eigenvalue weighted by molar-refractivity contribution is 0.0896. The van der Waals surface area contributed by atoms with E-state index in [4.69, 9.17) is 14.4 Å². The molecule has 0 radical (unpaired) electrons. The second kappa shape index (κ2) is 11.6. The number of hydrogen-bond acceptors (Lipinski definition) is 4. The van der Waals surface area contributed by atoms with Gasteiger partial charge in [-0.3, -0.25) is 0 Å². The largest absolute Gasteiger partial charge is 0.478 e. The monoisotopic (exact) mass is 485 g/mol. The molecule has 1 N–H and O–H groups in total. The van der Waals surface area contributed by atoms with Gasteiger partial charge >= 0.3 is 0 Å². The molecule has 2 aliphatic carbocycles. The number of benzene rings is 1. The van der Waals surface area contributed by atoms with Crippen LogP contribution in [0.1, 0.15) is 83.8 Å². The van der Waals surface area contributed by atoms with Crippen molar-refractivity contribution in [1.82, 2.24) is 0 Å². The van der Waals surface area contributed by atoms with Crippen LogP contribution in [0.2, 0.25) is 18.1 Å². The van der Waals surface area contributed by atoms with Crippen LogP contribution in [-0.4, -0.2) is 32.2 Å². The molecule has 0 aliphatic heterocycles. The number of aliphatic hydroxyl groups is 1. The van der Waals surface area contributed by atoms with E-state index in [-0.39, 0.29) is 17.7 Å². The van der Waals surface area contributed by atoms with Gasteiger partial charge in [0.25, 0.3) is 0 Å². The van der Waals surface area contributed by atoms with Gasteiger partial charge in [-0.25, -0.2) is 0 Å². The van der Waals surface area contributed by atoms with Crippen molar-refractivity contribution in [2.45, 2.75) is 116 Å². The average Bonchev–Trinajstić information content (AvgIpc) is 3.07. The van der Waals surface area contributed by atoms with E-state index in [1.807, 2.05) is 12.1 Å². The molecule has 2 aliphatic rings. The van der Waals surface area contributed by atoms with E-state index >= 15 is 0 Å². The minimum absolute atomic E-state index is 0.0842. The standard InChI is InChI=1S/C29H47NO3Si/c1-7-8-9-12-23(33-34(5,6)29(2,3)4)14-15-24-25-20-26-21(18-22(25)19-27(24)31)11-10-13-28(26)32-17-16-30/h10-11,13,22-25,27,31H,7-9,12,14-15,17-20H2,1-6H3/t22?,23-,24+,25?,27-/m0/s1. The molecule has 2 unspecified atom stereocenters. The van der Waals surface area contributed by atoms with E-state index in [9.17, 15) is 5.11 Å². The van der Waals surface area contributed by atoms with Gasteiger partial charge < -0.3 is 14.3 Å². The molecule has 5 atom stereocenters. The van der Waals surface area contributed by atoms with Crippen molar-refractivity contribution in [1.29, 1.82) is 5.26 Å². The Labute approximate surface area is 209 Å². The van der Waals surface area contributed by atoms with Gasteiger partial charge in [0, 0.05) is 6.10 Å². The van der Waals surface area contributed by atoms with E-state index in [1.165, 1.54) is 30.4 Å². The SMILES string of the molecule is CCCCC[C@@H](CC[C@@H]1C2Cc3c(cccc3OCC#N)CC2C[C@@H]1O)O[Si](C)(C)C(C)(C)C. The molecule has 0 spiro atoms. The summed E-state index contributed by atoms with van der Waals surface area (Å²) >= 11 is 0. The first-order valence-corrected chi connectivity index (χ1v) is 16.4. The van der Waals surface area contributed by atoms with Crippen LogP contribution in [0.5, 0.6) is 5.75 Å². The summed E-state index contributed by atoms with van der Waals surface area (Å²) in [5, 5.41) is 20.3. The Balaban J connectivity index is 1.71. The molecule has 5 heteroatoms. The molecule has 1 aromatic rings. The maximum atomic E-state index is 11.1. The van der Waals surface area contributed by atoms with Crippen LogP contribution in [0.25, 0.3) is 0 Å². The Morgan fingerprint density at radius 2 is 1.94 bits per heavy atom. The molecule has 0 heterocycles. The summed E-state index contributed by atoms with van der Waals surface area (Å²) < 4.78 is 12.7. The quantitative estimate of drug-likeness (QED) is 0.269. The third kappa shape index (κ3) is 6.45. The maximum absolute atomic E-state index is 11.1. The first-order valence-electron chi connectivity index (χ1n) is 13.5. The highest BCUT2D eigenvalue weighted by molar-refractivity contribution is 6.74. The van der Waals surface area contributed by atoms with Crippen LogP contribution >= 0.6 is 0 Å². The minimum atomic E-state index is -1.83. The zero-order valence-corrected chi connectivity index (χ0v) is 23.4. The molecule has 1 saturated carbocycles. The molecule has 34 heavy (non-hydrogen) atoms. The van der Waals surface area contributed by atoms with Crippen molar-refractivity contribution in [2.75, 3.05) is 6.61 Å². The van der Waals surface area contributed by atoms with E-state index in [2.05, 4.69) is 52.9 Å². The molecule has 0 amide bonds. The minimum Gasteiger partial charge on any atom is -0.478 e. The summed E-state index contributed by atoms with van der Waals surface area (Å²) in [6, 6.07) is 8.32. The van der Waals surface area contributed by atoms with Crippen molar-refractivity contribution >= 4 is 8.32 Å². The van der Waals surface area contributed by atoms with Gasteiger partial charge in [0.2, 0.25) is 0 Å². The summed E-state index contributed by atoms with van der Waals surface area (Å²) in [7, 11) is -1.83. The Morgan fingerprint density at radius 1 is 1.18 bits per heavy atom. The topological polar surface area (TPSA) is 62.5 Å². The third-order valence-corrected chi connectivity index (χ3v) is 13.4. The zero-order chi connectivity index (χ0) is 24.9. The summed E-state index contributed by atoms with van der Waals surface area (Å²) in [5.74, 6) is 2.20. The van der Waals surface area contributed by atoms with E-state index in [0.717, 1.165) is 44.3 Å². The van der Waals surface area contributed by atoms with Crippen LogP contribution in [0.15, 0.2) is 18.2 Å². The number of ether oxygens (including phenoxy) is 1. The van der Waals surface area contributed by atoms with E-state index in [1.54, 1.807) is 0 Å². The number of fused-ring (bicyclic) bond motifs is 2. The lowest BCUT2D eigenvalue weighted by Gasteiger charge is -2.40. The Kier molecular flexibility index (Phi) is 9.28. The summed E-state index contributed by atoms with van der Waals surface area (Å²) in [6.07, 6.45) is 9.86. The lowest BCUT2D eigenvalue weighted by Crippen LogP contribution is -2.44. The number of hydrogen-bond donors (Lipinski definition) is 1. The van der Waals surface area contributed by atoms with Gasteiger partial charge in [-0.15, -0.1) is 0 Å². The Hall–Kier alpha value is -1.35. The van der Waals surface area contributed by atoms with Crippen molar-refractivity contribution in [3.05, 3.63) is 29.3 Å². The normalized spacial score (nSPS) is 25.4. The van der Waals surface area contributed by atoms with Crippen LogP contribution < -0.4 is 4.74 Å². The molecule has 4 nitrogen and oxygen atoms in total. The first-order chi connectivity index (χ1) is 16.1. The van der Waals surface area contributed by atoms with Gasteiger partial charge in [0.1, 0.15) is 11.8 Å². The average molecular weight is 486 g/mol. The van der Waals surface area contributed by atoms with Crippen LogP contribution in [-0.2, 0) is 17.3 Å². The molecule has 3 rings (SSSR count). The van der Waals surface area contributed by atoms with Gasteiger partial charge in [-0.2, -0.15) is 5.26 Å². The van der Waals surface area contributed by atoms with Gasteiger partial charge in [-0.1, -0.05) is 59.1 Å². The Bertz CT molecular complexity index is 841. The lowest BCUT2D eigenvalue weighted by atomic mass is 9.73. The van der Waals surface area contributed by atoms with Crippen molar-refractivity contribution in [2.24, 2.45) is 17.8 Å². The van der Waals surface area contributed by atoms with Gasteiger partial charge in [-0.05, 0) is 91.6 Å². The van der Waals surface area contributed by atoms with Gasteiger partial charge in [0.15, 0.2) is 14.9 Å². The highest BCUT2D eigenvalue weighted by Gasteiger charge is 2.45. The second-order valence-corrected chi connectivity index (χ2v) is 17.0. The first kappa shape index (κ1) is 27.2. The van der Waals surface area contributed by atoms with E-state index < -0.39 is 8.32 Å². The van der Waals surface area contributed by atoms with E-state index in [0.29, 0.717) is 23.9 Å². The molecular weight excluding hydrogens is 438 g/mol. The smallest absolute Gasteiger partial charge is 0.192 e. The number of nitriles is 1. The molecule has 0 saturated heterocycles. The highest BCUT2D eigenvalue weighted by Crippen LogP contribution is 2.49. The summed E-state index contributed by atoms with van der Waals surface area (Å²) in [4.78, 5) is 0. The molecule has 0 aromatic heterocycles. The summed E-state index contributed by atoms with van der Waals surface area (Å²) in [5.41, 5.74) is 2.60. The maximum Gasteiger partial charge on any atom is 0.192 e. The second-order valence-electron chi connectivity index (χ2n) is 12.2. The highest BCUT2D eigenvalue weighted by atomic mass is 28.4. The number of rotatable bonds is 11. The fourth-order valence-corrected chi connectivity index (χ4v) is 7.33. The van der Waals surface area contributed by atoms with Crippen LogP contribution in [0, 0.1) is 29.1 Å². The molecular formula is C29H47NO3Si. The molecule has 1 fully saturated rings. The summed E-state index contributed by atoms with van der Waals surface area (Å²) in [6.45, 7) is 14.0. The number of unbranched alkanes of at least 4 members (excludes halogenated alkanes) is 2. The zero-order valence-electron chi connectivity index (χ0n) is 22.4. The van der Waals surface area contributed by atoms with Crippen molar-refractivity contribution in [3.63, 3.8) is 0 Å². The molecule has 0 bridgehead atoms. The predicted octanol–water partition coefficient (Wildman–Crippen LogP) is 7.05. The fourth-order valence-electron chi connectivity index (χ4n) is 5.91.